The SMILES string of the molecule is OCC(O)C(O)C(O)C(O)C(O)C(O)C(O)C(O)[C@H]1OC(O)[C@H](O)[C@@H](O)[C@H]1O. The topological polar surface area (TPSA) is 272 Å². The van der Waals surface area contributed by atoms with E-state index in [0.717, 1.165) is 0 Å². The molecule has 1 aliphatic rings. The van der Waals surface area contributed by atoms with Crippen molar-refractivity contribution in [3.63, 3.8) is 0 Å². The molecule has 0 aromatic rings. The highest BCUT2D eigenvalue weighted by Crippen LogP contribution is 2.25. The Morgan fingerprint density at radius 3 is 1.46 bits per heavy atom. The fourth-order valence-corrected chi connectivity index (χ4v) is 2.71. The zero-order chi connectivity index (χ0) is 21.9. The molecule has 1 saturated heterocycles. The Kier molecular flexibility index (Phi) is 9.52. The molecule has 0 aliphatic carbocycles. The van der Waals surface area contributed by atoms with Crippen LogP contribution in [0.1, 0.15) is 0 Å². The Hall–Kier alpha value is -0.560. The minimum Gasteiger partial charge on any atom is -0.394 e. The first kappa shape index (κ1) is 25.5. The van der Waals surface area contributed by atoms with Crippen LogP contribution in [0.5, 0.6) is 0 Å². The highest BCUT2D eigenvalue weighted by atomic mass is 16.6. The maximum atomic E-state index is 10.0. The normalized spacial score (nSPS) is 37.4. The maximum absolute atomic E-state index is 10.0. The number of aliphatic hydroxyl groups is 13. The number of ether oxygens (including phenoxy) is 1. The van der Waals surface area contributed by atoms with Gasteiger partial charge in [-0.25, -0.2) is 0 Å². The number of hydrogen-bond acceptors (Lipinski definition) is 14. The van der Waals surface area contributed by atoms with E-state index >= 15 is 0 Å². The van der Waals surface area contributed by atoms with Crippen molar-refractivity contribution in [2.75, 3.05) is 6.61 Å². The van der Waals surface area contributed by atoms with Gasteiger partial charge in [0, 0.05) is 0 Å². The molecule has 0 amide bonds. The van der Waals surface area contributed by atoms with Gasteiger partial charge in [-0.15, -0.1) is 0 Å². The van der Waals surface area contributed by atoms with E-state index in [1.54, 1.807) is 0 Å². The van der Waals surface area contributed by atoms with Gasteiger partial charge in [0.25, 0.3) is 0 Å². The average Bonchev–Trinajstić information content (AvgIpc) is 2.70. The van der Waals surface area contributed by atoms with Crippen LogP contribution in [0.2, 0.25) is 0 Å². The van der Waals surface area contributed by atoms with Crippen LogP contribution >= 0.6 is 0 Å². The first-order chi connectivity index (χ1) is 12.9. The molecular weight excluding hydrogens is 392 g/mol. The van der Waals surface area contributed by atoms with Crippen molar-refractivity contribution in [1.82, 2.24) is 0 Å². The molecule has 0 saturated carbocycles. The van der Waals surface area contributed by atoms with Crippen LogP contribution in [0.4, 0.5) is 0 Å². The standard InChI is InChI=1S/C14H28O14/c15-1-2(16)3(17)4(18)5(19)6(20)7(21)8(22)10(24)13-11(25)9(23)12(26)14(27)28-13/h2-27H,1H2/t2?,3?,4?,5?,6?,7?,8?,9-,10?,11+,12+,13+,14?/m0/s1. The van der Waals surface area contributed by atoms with E-state index in [-0.39, 0.29) is 0 Å². The molecule has 0 radical (unpaired) electrons. The Morgan fingerprint density at radius 1 is 0.571 bits per heavy atom. The quantitative estimate of drug-likeness (QED) is 0.165. The second-order valence-corrected chi connectivity index (χ2v) is 6.65. The summed E-state index contributed by atoms with van der Waals surface area (Å²) in [6.07, 6.45) is -28.1. The molecule has 1 fully saturated rings. The first-order valence-corrected chi connectivity index (χ1v) is 8.29. The van der Waals surface area contributed by atoms with Gasteiger partial charge in [0.15, 0.2) is 6.29 Å². The van der Waals surface area contributed by atoms with Crippen molar-refractivity contribution in [2.24, 2.45) is 0 Å². The Morgan fingerprint density at radius 2 is 1.00 bits per heavy atom. The molecule has 9 unspecified atom stereocenters. The average molecular weight is 420 g/mol. The van der Waals surface area contributed by atoms with Gasteiger partial charge in [-0.05, 0) is 0 Å². The second-order valence-electron chi connectivity index (χ2n) is 6.65. The largest absolute Gasteiger partial charge is 0.394 e. The molecule has 13 N–H and O–H groups in total. The van der Waals surface area contributed by atoms with E-state index in [4.69, 9.17) is 5.11 Å². The predicted molar refractivity (Wildman–Crippen MR) is 84.0 cm³/mol. The number of rotatable bonds is 9. The third-order valence-corrected chi connectivity index (χ3v) is 4.64. The van der Waals surface area contributed by atoms with Gasteiger partial charge in [-0.2, -0.15) is 0 Å². The number of hydrogen-bond donors (Lipinski definition) is 13. The fourth-order valence-electron chi connectivity index (χ4n) is 2.71. The van der Waals surface area contributed by atoms with Crippen molar-refractivity contribution in [3.8, 4) is 0 Å². The predicted octanol–water partition coefficient (Wildman–Crippen LogP) is -8.33. The zero-order valence-electron chi connectivity index (χ0n) is 14.4. The lowest BCUT2D eigenvalue weighted by atomic mass is 9.88. The van der Waals surface area contributed by atoms with E-state index < -0.39 is 86.1 Å². The third-order valence-electron chi connectivity index (χ3n) is 4.64. The van der Waals surface area contributed by atoms with Crippen LogP contribution in [-0.2, 0) is 4.74 Å². The summed E-state index contributed by atoms with van der Waals surface area (Å²) < 4.78 is 4.67. The monoisotopic (exact) mass is 420 g/mol. The fraction of sp³-hybridized carbons (Fsp3) is 1.00. The molecule has 1 aliphatic heterocycles. The molecule has 1 rings (SSSR count). The van der Waals surface area contributed by atoms with Crippen molar-refractivity contribution < 1.29 is 71.1 Å². The van der Waals surface area contributed by atoms with Gasteiger partial charge >= 0.3 is 0 Å². The lowest BCUT2D eigenvalue weighted by Gasteiger charge is -2.42. The Balaban J connectivity index is 2.82. The molecule has 168 valence electrons. The molecule has 14 nitrogen and oxygen atoms in total. The molecule has 0 bridgehead atoms. The summed E-state index contributed by atoms with van der Waals surface area (Å²) in [5, 5.41) is 125. The van der Waals surface area contributed by atoms with Gasteiger partial charge in [-0.1, -0.05) is 0 Å². The molecule has 0 aromatic heterocycles. The van der Waals surface area contributed by atoms with Crippen LogP contribution < -0.4 is 0 Å². The van der Waals surface area contributed by atoms with E-state index in [2.05, 4.69) is 4.74 Å². The van der Waals surface area contributed by atoms with Gasteiger partial charge < -0.3 is 71.1 Å². The summed E-state index contributed by atoms with van der Waals surface area (Å²) in [7, 11) is 0. The van der Waals surface area contributed by atoms with Gasteiger partial charge in [0.2, 0.25) is 0 Å². The van der Waals surface area contributed by atoms with E-state index in [1.165, 1.54) is 0 Å². The molecule has 0 aromatic carbocycles. The lowest BCUT2D eigenvalue weighted by molar-refractivity contribution is -0.306. The summed E-state index contributed by atoms with van der Waals surface area (Å²) >= 11 is 0. The summed E-state index contributed by atoms with van der Waals surface area (Å²) in [6.45, 7) is -1.00. The van der Waals surface area contributed by atoms with E-state index in [9.17, 15) is 61.3 Å². The highest BCUT2D eigenvalue weighted by Gasteiger charge is 2.50. The Bertz CT molecular complexity index is 467. The summed E-state index contributed by atoms with van der Waals surface area (Å²) in [4.78, 5) is 0. The highest BCUT2D eigenvalue weighted by molar-refractivity contribution is 4.98. The van der Waals surface area contributed by atoms with Crippen LogP contribution in [-0.4, -0.2) is 153 Å². The summed E-state index contributed by atoms with van der Waals surface area (Å²) in [5.41, 5.74) is 0. The minimum absolute atomic E-state index is 1.00. The van der Waals surface area contributed by atoms with Crippen LogP contribution in [0, 0.1) is 0 Å². The first-order valence-electron chi connectivity index (χ1n) is 8.29. The van der Waals surface area contributed by atoms with Crippen LogP contribution in [0.25, 0.3) is 0 Å². The smallest absolute Gasteiger partial charge is 0.184 e. The van der Waals surface area contributed by atoms with Crippen molar-refractivity contribution in [3.05, 3.63) is 0 Å². The van der Waals surface area contributed by atoms with Gasteiger partial charge in [-0.3, -0.25) is 0 Å². The second kappa shape index (κ2) is 10.5. The van der Waals surface area contributed by atoms with Crippen LogP contribution in [0.3, 0.4) is 0 Å². The molecular formula is C14H28O14. The van der Waals surface area contributed by atoms with Gasteiger partial charge in [0.05, 0.1) is 6.61 Å². The van der Waals surface area contributed by atoms with Crippen molar-refractivity contribution in [1.29, 1.82) is 0 Å². The minimum atomic E-state index is -2.42. The maximum Gasteiger partial charge on any atom is 0.184 e. The Labute approximate surface area is 158 Å². The van der Waals surface area contributed by atoms with E-state index in [0.29, 0.717) is 0 Å². The zero-order valence-corrected chi connectivity index (χ0v) is 14.4. The molecule has 1 heterocycles. The third kappa shape index (κ3) is 5.32. The summed E-state index contributed by atoms with van der Waals surface area (Å²) in [5.74, 6) is 0. The van der Waals surface area contributed by atoms with Gasteiger partial charge in [0.1, 0.15) is 73.2 Å². The van der Waals surface area contributed by atoms with Crippen molar-refractivity contribution in [2.45, 2.75) is 79.5 Å². The molecule has 13 atom stereocenters. The van der Waals surface area contributed by atoms with Crippen molar-refractivity contribution >= 4 is 0 Å². The molecule has 0 spiro atoms. The molecule has 14 heteroatoms. The van der Waals surface area contributed by atoms with E-state index in [1.807, 2.05) is 0 Å². The lowest BCUT2D eigenvalue weighted by Crippen LogP contribution is -2.64. The molecule has 28 heavy (non-hydrogen) atoms. The number of aliphatic hydroxyl groups excluding tert-OH is 13. The summed E-state index contributed by atoms with van der Waals surface area (Å²) in [6, 6.07) is 0. The van der Waals surface area contributed by atoms with Crippen LogP contribution in [0.15, 0.2) is 0 Å².